The second kappa shape index (κ2) is 6.29. The molecule has 1 N–H and O–H groups in total. The zero-order valence-corrected chi connectivity index (χ0v) is 11.5. The lowest BCUT2D eigenvalue weighted by atomic mass is 9.78. The molecule has 1 aliphatic carbocycles. The molecule has 0 radical (unpaired) electrons. The van der Waals surface area contributed by atoms with Crippen LogP contribution in [0.3, 0.4) is 0 Å². The quantitative estimate of drug-likeness (QED) is 0.883. The van der Waals surface area contributed by atoms with Crippen LogP contribution in [0.5, 0.6) is 0 Å². The van der Waals surface area contributed by atoms with Crippen molar-refractivity contribution in [3.8, 4) is 0 Å². The smallest absolute Gasteiger partial charge is 0.139 e. The highest BCUT2D eigenvalue weighted by Gasteiger charge is 2.32. The van der Waals surface area contributed by atoms with Gasteiger partial charge in [0.05, 0.1) is 0 Å². The fourth-order valence-electron chi connectivity index (χ4n) is 3.01. The predicted molar refractivity (Wildman–Crippen MR) is 74.6 cm³/mol. The van der Waals surface area contributed by atoms with Crippen LogP contribution in [0.2, 0.25) is 0 Å². The number of carbonyl (C=O) groups is 1. The molecule has 0 atom stereocenters. The molecule has 0 amide bonds. The summed E-state index contributed by atoms with van der Waals surface area (Å²) in [4.78, 5) is 12.2. The molecule has 0 saturated heterocycles. The third-order valence-corrected chi connectivity index (χ3v) is 4.19. The van der Waals surface area contributed by atoms with Gasteiger partial charge in [-0.1, -0.05) is 31.4 Å². The number of rotatable bonds is 5. The first-order chi connectivity index (χ1) is 9.13. The summed E-state index contributed by atoms with van der Waals surface area (Å²) in [5, 5.41) is 3.36. The molecule has 104 valence electrons. The van der Waals surface area contributed by atoms with Crippen LogP contribution in [0.25, 0.3) is 0 Å². The second-order valence-electron chi connectivity index (χ2n) is 5.61. The number of Topliss-reactive ketones (excluding diaryl/α,β-unsaturated/α-hetero) is 1. The van der Waals surface area contributed by atoms with Gasteiger partial charge in [-0.3, -0.25) is 4.79 Å². The maximum Gasteiger partial charge on any atom is 0.139 e. The van der Waals surface area contributed by atoms with E-state index in [2.05, 4.69) is 5.32 Å². The van der Waals surface area contributed by atoms with E-state index in [1.807, 2.05) is 7.05 Å². The van der Waals surface area contributed by atoms with Crippen LogP contribution in [-0.4, -0.2) is 18.4 Å². The van der Waals surface area contributed by atoms with E-state index in [1.54, 1.807) is 12.1 Å². The van der Waals surface area contributed by atoms with E-state index in [0.717, 1.165) is 18.4 Å². The van der Waals surface area contributed by atoms with Crippen molar-refractivity contribution in [2.45, 2.75) is 50.5 Å². The van der Waals surface area contributed by atoms with Gasteiger partial charge in [0.1, 0.15) is 11.6 Å². The van der Waals surface area contributed by atoms with Crippen LogP contribution in [-0.2, 0) is 11.2 Å². The Kier molecular flexibility index (Phi) is 4.70. The van der Waals surface area contributed by atoms with Crippen LogP contribution < -0.4 is 5.32 Å². The summed E-state index contributed by atoms with van der Waals surface area (Å²) in [6, 6.07) is 6.22. The topological polar surface area (TPSA) is 29.1 Å². The number of hydrogen-bond donors (Lipinski definition) is 1. The van der Waals surface area contributed by atoms with Gasteiger partial charge in [0, 0.05) is 18.4 Å². The molecule has 1 aromatic rings. The Labute approximate surface area is 114 Å². The first-order valence-corrected chi connectivity index (χ1v) is 7.09. The molecule has 1 fully saturated rings. The van der Waals surface area contributed by atoms with Crippen molar-refractivity contribution in [3.05, 3.63) is 35.6 Å². The number of benzene rings is 1. The Morgan fingerprint density at radius 1 is 1.21 bits per heavy atom. The summed E-state index contributed by atoms with van der Waals surface area (Å²) in [7, 11) is 1.95. The minimum atomic E-state index is -0.254. The highest BCUT2D eigenvalue weighted by Crippen LogP contribution is 2.31. The number of nitrogens with one attached hydrogen (secondary N) is 1. The highest BCUT2D eigenvalue weighted by atomic mass is 19.1. The number of ketones is 1. The molecule has 0 bridgehead atoms. The molecule has 1 saturated carbocycles. The van der Waals surface area contributed by atoms with Gasteiger partial charge in [-0.2, -0.15) is 0 Å². The Balaban J connectivity index is 1.94. The third-order valence-electron chi connectivity index (χ3n) is 4.19. The van der Waals surface area contributed by atoms with E-state index >= 15 is 0 Å². The summed E-state index contributed by atoms with van der Waals surface area (Å²) < 4.78 is 12.8. The SMILES string of the molecule is CNC1(CC(=O)Cc2ccc(F)cc2)CCCCC1. The van der Waals surface area contributed by atoms with Gasteiger partial charge in [0.2, 0.25) is 0 Å². The van der Waals surface area contributed by atoms with Crippen molar-refractivity contribution in [1.82, 2.24) is 5.32 Å². The summed E-state index contributed by atoms with van der Waals surface area (Å²) in [5.41, 5.74) is 0.892. The second-order valence-corrected chi connectivity index (χ2v) is 5.61. The molecule has 19 heavy (non-hydrogen) atoms. The first-order valence-electron chi connectivity index (χ1n) is 7.09. The number of halogens is 1. The van der Waals surface area contributed by atoms with Crippen LogP contribution in [0.15, 0.2) is 24.3 Å². The van der Waals surface area contributed by atoms with Crippen molar-refractivity contribution in [2.75, 3.05) is 7.05 Å². The van der Waals surface area contributed by atoms with Crippen LogP contribution >= 0.6 is 0 Å². The molecule has 3 heteroatoms. The maximum absolute atomic E-state index is 12.8. The van der Waals surface area contributed by atoms with Gasteiger partial charge < -0.3 is 5.32 Å². The molecule has 2 rings (SSSR count). The molecule has 2 nitrogen and oxygen atoms in total. The monoisotopic (exact) mass is 263 g/mol. The van der Waals surface area contributed by atoms with Gasteiger partial charge in [0.15, 0.2) is 0 Å². The highest BCUT2D eigenvalue weighted by molar-refractivity contribution is 5.82. The van der Waals surface area contributed by atoms with Gasteiger partial charge in [-0.25, -0.2) is 4.39 Å². The first kappa shape index (κ1) is 14.2. The van der Waals surface area contributed by atoms with Crippen molar-refractivity contribution in [3.63, 3.8) is 0 Å². The Morgan fingerprint density at radius 3 is 2.42 bits per heavy atom. The maximum atomic E-state index is 12.8. The normalized spacial score (nSPS) is 18.2. The van der Waals surface area contributed by atoms with Gasteiger partial charge in [-0.05, 0) is 37.6 Å². The fraction of sp³-hybridized carbons (Fsp3) is 0.562. The molecular formula is C16H22FNO. The minimum Gasteiger partial charge on any atom is -0.314 e. The van der Waals surface area contributed by atoms with Crippen molar-refractivity contribution >= 4 is 5.78 Å². The van der Waals surface area contributed by atoms with Crippen molar-refractivity contribution < 1.29 is 9.18 Å². The summed E-state index contributed by atoms with van der Waals surface area (Å²) in [6.07, 6.45) is 6.83. The molecule has 0 heterocycles. The lowest BCUT2D eigenvalue weighted by Gasteiger charge is -2.36. The molecule has 0 aromatic heterocycles. The molecule has 0 spiro atoms. The lowest BCUT2D eigenvalue weighted by molar-refractivity contribution is -0.120. The predicted octanol–water partition coefficient (Wildman–Crippen LogP) is 3.25. The number of carbonyl (C=O) groups excluding carboxylic acids is 1. The van der Waals surface area contributed by atoms with E-state index in [9.17, 15) is 9.18 Å². The Bertz CT molecular complexity index is 421. The standard InChI is InChI=1S/C16H22FNO/c1-18-16(9-3-2-4-10-16)12-15(19)11-13-5-7-14(17)8-6-13/h5-8,18H,2-4,9-12H2,1H3. The average molecular weight is 263 g/mol. The van der Waals surface area contributed by atoms with Crippen molar-refractivity contribution in [2.24, 2.45) is 0 Å². The molecule has 1 aliphatic rings. The summed E-state index contributed by atoms with van der Waals surface area (Å²) >= 11 is 0. The van der Waals surface area contributed by atoms with E-state index in [0.29, 0.717) is 12.8 Å². The Hall–Kier alpha value is -1.22. The summed E-state index contributed by atoms with van der Waals surface area (Å²) in [6.45, 7) is 0. The third kappa shape index (κ3) is 3.87. The zero-order chi connectivity index (χ0) is 13.7. The average Bonchev–Trinajstić information content (AvgIpc) is 2.42. The zero-order valence-electron chi connectivity index (χ0n) is 11.5. The van der Waals surface area contributed by atoms with Gasteiger partial charge in [-0.15, -0.1) is 0 Å². The minimum absolute atomic E-state index is 0.00460. The molecule has 1 aromatic carbocycles. The van der Waals surface area contributed by atoms with Crippen molar-refractivity contribution in [1.29, 1.82) is 0 Å². The Morgan fingerprint density at radius 2 is 1.84 bits per heavy atom. The number of hydrogen-bond acceptors (Lipinski definition) is 2. The van der Waals surface area contributed by atoms with E-state index < -0.39 is 0 Å². The molecule has 0 unspecified atom stereocenters. The van der Waals surface area contributed by atoms with Crippen LogP contribution in [0.4, 0.5) is 4.39 Å². The van der Waals surface area contributed by atoms with Crippen LogP contribution in [0, 0.1) is 5.82 Å². The fourth-order valence-corrected chi connectivity index (χ4v) is 3.01. The van der Waals surface area contributed by atoms with E-state index in [4.69, 9.17) is 0 Å². The lowest BCUT2D eigenvalue weighted by Crippen LogP contribution is -2.46. The largest absolute Gasteiger partial charge is 0.314 e. The summed E-state index contributed by atoms with van der Waals surface area (Å²) in [5.74, 6) is -0.0157. The van der Waals surface area contributed by atoms with E-state index in [1.165, 1.54) is 31.4 Å². The van der Waals surface area contributed by atoms with E-state index in [-0.39, 0.29) is 17.1 Å². The van der Waals surface area contributed by atoms with Gasteiger partial charge >= 0.3 is 0 Å². The molecular weight excluding hydrogens is 241 g/mol. The van der Waals surface area contributed by atoms with Crippen LogP contribution in [0.1, 0.15) is 44.1 Å². The van der Waals surface area contributed by atoms with Gasteiger partial charge in [0.25, 0.3) is 0 Å². The molecule has 0 aliphatic heterocycles.